The van der Waals surface area contributed by atoms with Crippen LogP contribution in [0.25, 0.3) is 10.8 Å². The van der Waals surface area contributed by atoms with Gasteiger partial charge in [0.05, 0.1) is 6.04 Å². The second-order valence-corrected chi connectivity index (χ2v) is 8.47. The van der Waals surface area contributed by atoms with Gasteiger partial charge < -0.3 is 5.32 Å². The van der Waals surface area contributed by atoms with E-state index in [2.05, 4.69) is 45.1 Å². The van der Waals surface area contributed by atoms with E-state index in [9.17, 15) is 4.79 Å². The molecule has 2 aromatic rings. The number of piperidine rings is 1. The third kappa shape index (κ3) is 2.48. The Bertz CT molecular complexity index is 855. The molecule has 24 heavy (non-hydrogen) atoms. The summed E-state index contributed by atoms with van der Waals surface area (Å²) in [5, 5.41) is 5.87. The summed E-state index contributed by atoms with van der Waals surface area (Å²) in [5.41, 5.74) is 2.50. The van der Waals surface area contributed by atoms with E-state index in [1.54, 1.807) is 0 Å². The number of benzene rings is 2. The first-order valence-corrected chi connectivity index (χ1v) is 8.70. The van der Waals surface area contributed by atoms with Gasteiger partial charge in [-0.3, -0.25) is 9.79 Å². The van der Waals surface area contributed by atoms with Crippen LogP contribution in [0, 0.1) is 0 Å². The Morgan fingerprint density at radius 1 is 0.958 bits per heavy atom. The predicted octanol–water partition coefficient (Wildman–Crippen LogP) is 4.13. The van der Waals surface area contributed by atoms with Crippen LogP contribution in [0.2, 0.25) is 0 Å². The number of aliphatic imine (C=N–C) groups is 1. The molecule has 0 radical (unpaired) electrons. The second kappa shape index (κ2) is 5.00. The van der Waals surface area contributed by atoms with Crippen LogP contribution in [0.5, 0.6) is 0 Å². The fourth-order valence-corrected chi connectivity index (χ4v) is 4.65. The molecule has 3 nitrogen and oxygen atoms in total. The molecular weight excluding hydrogens is 296 g/mol. The number of hydrogen-bond donors (Lipinski definition) is 1. The first kappa shape index (κ1) is 15.5. The second-order valence-electron chi connectivity index (χ2n) is 8.47. The summed E-state index contributed by atoms with van der Waals surface area (Å²) in [4.78, 5) is 17.9. The van der Waals surface area contributed by atoms with Gasteiger partial charge in [0.25, 0.3) is 0 Å². The lowest BCUT2D eigenvalue weighted by Gasteiger charge is -2.45. The zero-order valence-corrected chi connectivity index (χ0v) is 14.8. The van der Waals surface area contributed by atoms with Crippen molar-refractivity contribution < 1.29 is 4.79 Å². The smallest absolute Gasteiger partial charge is 0.212 e. The number of nitrogens with zero attached hydrogens (tertiary/aromatic N) is 1. The Hall–Kier alpha value is -2.00. The van der Waals surface area contributed by atoms with Crippen molar-refractivity contribution in [1.29, 1.82) is 0 Å². The van der Waals surface area contributed by atoms with Crippen LogP contribution >= 0.6 is 0 Å². The highest BCUT2D eigenvalue weighted by atomic mass is 16.1. The maximum Gasteiger partial charge on any atom is 0.212 e. The predicted molar refractivity (Wildman–Crippen MR) is 99.1 cm³/mol. The number of carbonyl (C=O) groups is 1. The highest BCUT2D eigenvalue weighted by molar-refractivity contribution is 6.59. The molecule has 1 fully saturated rings. The molecule has 1 aliphatic heterocycles. The number of rotatable bonds is 1. The van der Waals surface area contributed by atoms with Crippen molar-refractivity contribution in [2.24, 2.45) is 4.99 Å². The van der Waals surface area contributed by atoms with E-state index in [1.807, 2.05) is 24.3 Å². The lowest BCUT2D eigenvalue weighted by molar-refractivity contribution is 0.106. The van der Waals surface area contributed by atoms with E-state index in [1.165, 1.54) is 0 Å². The van der Waals surface area contributed by atoms with Gasteiger partial charge in [-0.05, 0) is 45.9 Å². The van der Waals surface area contributed by atoms with Crippen molar-refractivity contribution in [1.82, 2.24) is 5.32 Å². The summed E-state index contributed by atoms with van der Waals surface area (Å²) < 4.78 is 0. The highest BCUT2D eigenvalue weighted by Crippen LogP contribution is 2.34. The van der Waals surface area contributed by atoms with Gasteiger partial charge >= 0.3 is 0 Å². The van der Waals surface area contributed by atoms with E-state index in [0.29, 0.717) is 5.71 Å². The van der Waals surface area contributed by atoms with Crippen LogP contribution in [0.3, 0.4) is 0 Å². The first-order valence-electron chi connectivity index (χ1n) is 8.70. The van der Waals surface area contributed by atoms with Gasteiger partial charge in [0, 0.05) is 27.6 Å². The largest absolute Gasteiger partial charge is 0.307 e. The van der Waals surface area contributed by atoms with Crippen LogP contribution < -0.4 is 5.32 Å². The summed E-state index contributed by atoms with van der Waals surface area (Å²) in [6.07, 6.45) is 1.89. The molecule has 1 aliphatic carbocycles. The molecule has 0 amide bonds. The van der Waals surface area contributed by atoms with Crippen molar-refractivity contribution in [3.8, 4) is 0 Å². The van der Waals surface area contributed by atoms with Crippen molar-refractivity contribution in [3.05, 3.63) is 47.5 Å². The van der Waals surface area contributed by atoms with Crippen molar-refractivity contribution in [2.75, 3.05) is 0 Å². The van der Waals surface area contributed by atoms with Crippen LogP contribution in [0.15, 0.2) is 41.4 Å². The maximum atomic E-state index is 12.9. The third-order valence-corrected chi connectivity index (χ3v) is 5.10. The fraction of sp³-hybridized carbons (Fsp3) is 0.429. The minimum atomic E-state index is 0.0248. The van der Waals surface area contributed by atoms with Gasteiger partial charge in [-0.1, -0.05) is 36.4 Å². The number of Topliss-reactive ketones (excluding diaryl/α,β-unsaturated/α-hetero) is 1. The Balaban J connectivity index is 1.80. The fourth-order valence-electron chi connectivity index (χ4n) is 4.65. The van der Waals surface area contributed by atoms with E-state index in [0.717, 1.165) is 34.7 Å². The minimum absolute atomic E-state index is 0.0248. The van der Waals surface area contributed by atoms with Crippen molar-refractivity contribution in [2.45, 2.75) is 57.7 Å². The summed E-state index contributed by atoms with van der Waals surface area (Å²) >= 11 is 0. The molecule has 0 atom stereocenters. The van der Waals surface area contributed by atoms with Crippen molar-refractivity contribution in [3.63, 3.8) is 0 Å². The number of carbonyl (C=O) groups excluding carboxylic acids is 1. The van der Waals surface area contributed by atoms with E-state index < -0.39 is 0 Å². The van der Waals surface area contributed by atoms with Crippen LogP contribution in [-0.2, 0) is 0 Å². The highest BCUT2D eigenvalue weighted by Gasteiger charge is 2.39. The molecule has 0 spiro atoms. The molecule has 1 heterocycles. The molecule has 2 aliphatic rings. The monoisotopic (exact) mass is 320 g/mol. The van der Waals surface area contributed by atoms with E-state index >= 15 is 0 Å². The van der Waals surface area contributed by atoms with Gasteiger partial charge in [-0.25, -0.2) is 0 Å². The molecule has 2 aromatic carbocycles. The Kier molecular flexibility index (Phi) is 3.23. The van der Waals surface area contributed by atoms with Crippen molar-refractivity contribution >= 4 is 22.3 Å². The minimum Gasteiger partial charge on any atom is -0.307 e. The Morgan fingerprint density at radius 3 is 2.17 bits per heavy atom. The number of nitrogens with one attached hydrogen (secondary N) is 1. The Labute approximate surface area is 143 Å². The summed E-state index contributed by atoms with van der Waals surface area (Å²) in [6.45, 7) is 8.86. The molecular formula is C21H24N2O. The average molecular weight is 320 g/mol. The molecule has 1 N–H and O–H groups in total. The normalized spacial score (nSPS) is 24.0. The first-order chi connectivity index (χ1) is 11.3. The van der Waals surface area contributed by atoms with Gasteiger partial charge in [-0.15, -0.1) is 0 Å². The summed E-state index contributed by atoms with van der Waals surface area (Å²) in [6, 6.07) is 12.2. The Morgan fingerprint density at radius 2 is 1.54 bits per heavy atom. The van der Waals surface area contributed by atoms with Gasteiger partial charge in [0.15, 0.2) is 0 Å². The van der Waals surface area contributed by atoms with Gasteiger partial charge in [0.2, 0.25) is 5.78 Å². The van der Waals surface area contributed by atoms with Crippen LogP contribution in [0.4, 0.5) is 0 Å². The standard InChI is InChI=1S/C21H24N2O/c1-20(2)11-14(12-21(3,4)23-20)22-18-15-9-5-7-13-8-6-10-16(17(13)15)19(18)24/h5-10,14,23H,11-12H2,1-4H3. The third-order valence-electron chi connectivity index (χ3n) is 5.10. The SMILES string of the molecule is CC1(C)CC(N=C2C(=O)c3cccc4cccc2c34)CC(C)(C)N1. The lowest BCUT2D eigenvalue weighted by atomic mass is 9.80. The van der Waals surface area contributed by atoms with Gasteiger partial charge in [0.1, 0.15) is 5.71 Å². The average Bonchev–Trinajstić information content (AvgIpc) is 2.72. The topological polar surface area (TPSA) is 41.5 Å². The molecule has 124 valence electrons. The lowest BCUT2D eigenvalue weighted by Crippen LogP contribution is -2.59. The zero-order valence-electron chi connectivity index (χ0n) is 14.8. The maximum absolute atomic E-state index is 12.9. The molecule has 0 unspecified atom stereocenters. The molecule has 0 aromatic heterocycles. The molecule has 0 bridgehead atoms. The van der Waals surface area contributed by atoms with E-state index in [4.69, 9.17) is 4.99 Å². The quantitative estimate of drug-likeness (QED) is 0.858. The van der Waals surface area contributed by atoms with Crippen LogP contribution in [-0.4, -0.2) is 28.6 Å². The molecule has 4 rings (SSSR count). The number of hydrogen-bond acceptors (Lipinski definition) is 3. The number of ketones is 1. The van der Waals surface area contributed by atoms with Crippen LogP contribution in [0.1, 0.15) is 56.5 Å². The molecule has 3 heteroatoms. The summed E-state index contributed by atoms with van der Waals surface area (Å²) in [5.74, 6) is 0.0796. The van der Waals surface area contributed by atoms with E-state index in [-0.39, 0.29) is 22.9 Å². The van der Waals surface area contributed by atoms with Gasteiger partial charge in [-0.2, -0.15) is 0 Å². The molecule has 1 saturated heterocycles. The zero-order chi connectivity index (χ0) is 17.1. The summed E-state index contributed by atoms with van der Waals surface area (Å²) in [7, 11) is 0. The molecule has 0 saturated carbocycles.